The van der Waals surface area contributed by atoms with Crippen LogP contribution in [0.15, 0.2) is 65.8 Å². The lowest BCUT2D eigenvalue weighted by molar-refractivity contribution is -0.0189. The summed E-state index contributed by atoms with van der Waals surface area (Å²) in [5.41, 5.74) is 5.35. The van der Waals surface area contributed by atoms with Gasteiger partial charge in [0.25, 0.3) is 0 Å². The number of ether oxygens (including phenoxy) is 2. The summed E-state index contributed by atoms with van der Waals surface area (Å²) in [6.07, 6.45) is 7.86. The van der Waals surface area contributed by atoms with E-state index in [2.05, 4.69) is 55.3 Å². The largest absolute Gasteiger partial charge is 0.494 e. The maximum absolute atomic E-state index is 6.61. The predicted octanol–water partition coefficient (Wildman–Crippen LogP) is 9.28. The third kappa shape index (κ3) is 5.91. The highest BCUT2D eigenvalue weighted by Gasteiger charge is 2.42. The van der Waals surface area contributed by atoms with Gasteiger partial charge in [0.2, 0.25) is 6.23 Å². The van der Waals surface area contributed by atoms with Crippen LogP contribution >= 0.6 is 23.2 Å². The van der Waals surface area contributed by atoms with Crippen LogP contribution in [-0.2, 0) is 0 Å². The average molecular weight is 538 g/mol. The number of hydrogen-bond acceptors (Lipinski definition) is 4. The van der Waals surface area contributed by atoms with E-state index in [0.29, 0.717) is 15.8 Å². The van der Waals surface area contributed by atoms with Gasteiger partial charge in [-0.1, -0.05) is 92.1 Å². The Morgan fingerprint density at radius 1 is 0.946 bits per heavy atom. The third-order valence-electron chi connectivity index (χ3n) is 7.12. The number of fused-ring (bicyclic) bond motifs is 3. The summed E-state index contributed by atoms with van der Waals surface area (Å²) in [6.45, 7) is 5.08. The second-order valence-corrected chi connectivity index (χ2v) is 10.8. The van der Waals surface area contributed by atoms with Crippen molar-refractivity contribution in [3.05, 3.63) is 93.0 Å². The van der Waals surface area contributed by atoms with Crippen molar-refractivity contribution in [2.24, 2.45) is 5.10 Å². The molecule has 2 heterocycles. The van der Waals surface area contributed by atoms with Crippen molar-refractivity contribution < 1.29 is 9.47 Å². The normalized spacial score (nSPS) is 18.2. The van der Waals surface area contributed by atoms with Gasteiger partial charge in [0.1, 0.15) is 11.5 Å². The van der Waals surface area contributed by atoms with Crippen molar-refractivity contribution in [2.45, 2.75) is 71.1 Å². The number of hydrazone groups is 1. The first-order chi connectivity index (χ1) is 18.0. The molecule has 6 heteroatoms. The summed E-state index contributed by atoms with van der Waals surface area (Å²) in [7, 11) is 0. The number of rotatable bonds is 10. The van der Waals surface area contributed by atoms with E-state index in [-0.39, 0.29) is 6.04 Å². The van der Waals surface area contributed by atoms with E-state index in [1.165, 1.54) is 37.7 Å². The van der Waals surface area contributed by atoms with Gasteiger partial charge in [-0.3, -0.25) is 0 Å². The molecule has 0 amide bonds. The second-order valence-electron chi connectivity index (χ2n) is 9.97. The van der Waals surface area contributed by atoms with Crippen molar-refractivity contribution in [1.82, 2.24) is 5.01 Å². The summed E-state index contributed by atoms with van der Waals surface area (Å²) >= 11 is 13.0. The summed E-state index contributed by atoms with van der Waals surface area (Å²) < 4.78 is 12.5. The lowest BCUT2D eigenvalue weighted by Crippen LogP contribution is -2.33. The van der Waals surface area contributed by atoms with Crippen molar-refractivity contribution in [3.63, 3.8) is 0 Å². The fraction of sp³-hybridized carbons (Fsp3) is 0.387. The number of nitrogens with zero attached hydrogens (tertiary/aromatic N) is 2. The molecular formula is C31H34Cl2N2O2. The van der Waals surface area contributed by atoms with Crippen LogP contribution in [0, 0.1) is 6.92 Å². The molecule has 0 unspecified atom stereocenters. The number of benzene rings is 3. The Kier molecular flexibility index (Phi) is 8.26. The first-order valence-corrected chi connectivity index (χ1v) is 14.1. The maximum atomic E-state index is 6.61. The van der Waals surface area contributed by atoms with Crippen molar-refractivity contribution in [1.29, 1.82) is 0 Å². The van der Waals surface area contributed by atoms with Crippen LogP contribution in [0.5, 0.6) is 11.5 Å². The van der Waals surface area contributed by atoms with Crippen molar-refractivity contribution in [3.8, 4) is 11.5 Å². The van der Waals surface area contributed by atoms with E-state index in [1.54, 1.807) is 6.07 Å². The molecule has 4 nitrogen and oxygen atoms in total. The molecule has 0 saturated heterocycles. The Bertz CT molecular complexity index is 1240. The van der Waals surface area contributed by atoms with E-state index >= 15 is 0 Å². The Morgan fingerprint density at radius 2 is 1.68 bits per heavy atom. The fourth-order valence-electron chi connectivity index (χ4n) is 5.06. The van der Waals surface area contributed by atoms with E-state index < -0.39 is 6.23 Å². The van der Waals surface area contributed by atoms with Crippen molar-refractivity contribution >= 4 is 28.9 Å². The van der Waals surface area contributed by atoms with E-state index in [9.17, 15) is 0 Å². The van der Waals surface area contributed by atoms with Crippen LogP contribution < -0.4 is 9.47 Å². The molecule has 0 fully saturated rings. The lowest BCUT2D eigenvalue weighted by Gasteiger charge is -2.38. The Morgan fingerprint density at radius 3 is 2.43 bits per heavy atom. The zero-order valence-electron chi connectivity index (χ0n) is 21.6. The zero-order valence-corrected chi connectivity index (χ0v) is 23.1. The highest BCUT2D eigenvalue weighted by atomic mass is 35.5. The fourth-order valence-corrected chi connectivity index (χ4v) is 5.61. The monoisotopic (exact) mass is 536 g/mol. The number of hydrogen-bond donors (Lipinski definition) is 0. The average Bonchev–Trinajstić information content (AvgIpc) is 3.35. The van der Waals surface area contributed by atoms with Gasteiger partial charge in [-0.05, 0) is 55.3 Å². The topological polar surface area (TPSA) is 34.1 Å². The van der Waals surface area contributed by atoms with Gasteiger partial charge >= 0.3 is 0 Å². The number of unbranched alkanes of at least 4 members (excludes halogenated alkanes) is 5. The van der Waals surface area contributed by atoms with Crippen molar-refractivity contribution in [2.75, 3.05) is 6.61 Å². The molecular weight excluding hydrogens is 503 g/mol. The molecule has 3 aromatic carbocycles. The van der Waals surface area contributed by atoms with E-state index in [0.717, 1.165) is 47.6 Å². The minimum atomic E-state index is -0.397. The van der Waals surface area contributed by atoms with Crippen LogP contribution in [0.1, 0.15) is 86.4 Å². The summed E-state index contributed by atoms with van der Waals surface area (Å²) in [5.74, 6) is 1.56. The first kappa shape index (κ1) is 25.9. The quantitative estimate of drug-likeness (QED) is 0.242. The van der Waals surface area contributed by atoms with Gasteiger partial charge < -0.3 is 9.47 Å². The molecule has 0 saturated carbocycles. The molecule has 194 valence electrons. The Labute approximate surface area is 230 Å². The molecule has 0 N–H and O–H groups in total. The second kappa shape index (κ2) is 11.8. The van der Waals surface area contributed by atoms with Gasteiger partial charge in [-0.15, -0.1) is 0 Å². The molecule has 2 aliphatic heterocycles. The van der Waals surface area contributed by atoms with Gasteiger partial charge in [-0.25, -0.2) is 5.01 Å². The molecule has 0 aromatic heterocycles. The zero-order chi connectivity index (χ0) is 25.8. The number of aryl methyl sites for hydroxylation is 1. The Hall–Kier alpha value is -2.69. The molecule has 3 aromatic rings. The van der Waals surface area contributed by atoms with E-state index in [4.69, 9.17) is 37.8 Å². The van der Waals surface area contributed by atoms with Crippen LogP contribution in [0.25, 0.3) is 0 Å². The summed E-state index contributed by atoms with van der Waals surface area (Å²) in [4.78, 5) is 0. The first-order valence-electron chi connectivity index (χ1n) is 13.3. The molecule has 0 spiro atoms. The van der Waals surface area contributed by atoms with Crippen LogP contribution in [0.2, 0.25) is 10.0 Å². The lowest BCUT2D eigenvalue weighted by atomic mass is 9.95. The standard InChI is InChI=1S/C31H34Cl2N2O2/c1-3-4-5-6-7-8-17-36-25-15-13-23(14-16-25)31-35-29(26-18-24(32)19-27(33)30(26)37-31)20-28(34-35)22-11-9-21(2)10-12-22/h9-16,18-19,29,31H,3-8,17,20H2,1-2H3/t29-,31-/m1/s1. The Balaban J connectivity index is 1.35. The molecule has 0 radical (unpaired) electrons. The van der Waals surface area contributed by atoms with Crippen LogP contribution in [0.3, 0.4) is 0 Å². The predicted molar refractivity (Wildman–Crippen MR) is 152 cm³/mol. The molecule has 0 aliphatic carbocycles. The molecule has 0 bridgehead atoms. The summed E-state index contributed by atoms with van der Waals surface area (Å²) in [6, 6.07) is 20.3. The van der Waals surface area contributed by atoms with Crippen LogP contribution in [0.4, 0.5) is 0 Å². The molecule has 5 rings (SSSR count). The van der Waals surface area contributed by atoms with Gasteiger partial charge in [-0.2, -0.15) is 5.10 Å². The highest BCUT2D eigenvalue weighted by Crippen LogP contribution is 2.50. The van der Waals surface area contributed by atoms with Gasteiger partial charge in [0, 0.05) is 22.6 Å². The highest BCUT2D eigenvalue weighted by molar-refractivity contribution is 6.35. The maximum Gasteiger partial charge on any atom is 0.213 e. The van der Waals surface area contributed by atoms with Gasteiger partial charge in [0.15, 0.2) is 0 Å². The minimum Gasteiger partial charge on any atom is -0.494 e. The minimum absolute atomic E-state index is 0.00936. The molecule has 2 atom stereocenters. The van der Waals surface area contributed by atoms with Gasteiger partial charge in [0.05, 0.1) is 23.4 Å². The number of halogens is 2. The smallest absolute Gasteiger partial charge is 0.213 e. The molecule has 2 aliphatic rings. The molecule has 37 heavy (non-hydrogen) atoms. The SMILES string of the molecule is CCCCCCCCOc1ccc([C@H]2Oc3c(Cl)cc(Cl)cc3[C@H]3CC(c4ccc(C)cc4)=NN32)cc1. The van der Waals surface area contributed by atoms with E-state index in [1.807, 2.05) is 18.2 Å². The van der Waals surface area contributed by atoms with Crippen LogP contribution in [-0.4, -0.2) is 17.3 Å². The summed E-state index contributed by atoms with van der Waals surface area (Å²) in [5, 5.41) is 8.22. The third-order valence-corrected chi connectivity index (χ3v) is 7.62.